The van der Waals surface area contributed by atoms with Crippen LogP contribution in [0.5, 0.6) is 11.5 Å². The van der Waals surface area contributed by atoms with Crippen LogP contribution in [-0.4, -0.2) is 36.6 Å². The lowest BCUT2D eigenvalue weighted by Gasteiger charge is -2.39. The van der Waals surface area contributed by atoms with Crippen molar-refractivity contribution < 1.29 is 14.3 Å². The van der Waals surface area contributed by atoms with Crippen LogP contribution in [-0.2, 0) is 4.79 Å². The number of nitrogens with zero attached hydrogens (tertiary/aromatic N) is 2. The summed E-state index contributed by atoms with van der Waals surface area (Å²) in [6.07, 6.45) is 3.24. The monoisotopic (exact) mass is 302 g/mol. The topological polar surface area (TPSA) is 62.6 Å². The largest absolute Gasteiger partial charge is 0.493 e. The third-order valence-electron chi connectivity index (χ3n) is 4.13. The number of nitriles is 1. The molecule has 1 amide bonds. The highest BCUT2D eigenvalue weighted by Gasteiger charge is 2.29. The smallest absolute Gasteiger partial charge is 0.260 e. The number of piperidine rings is 1. The molecule has 5 heteroatoms. The molecule has 5 nitrogen and oxygen atoms in total. The van der Waals surface area contributed by atoms with Crippen molar-refractivity contribution in [1.29, 1.82) is 5.26 Å². The molecular formula is C17H22N2O3. The Morgan fingerprint density at radius 2 is 2.00 bits per heavy atom. The van der Waals surface area contributed by atoms with Crippen molar-refractivity contribution >= 4 is 5.91 Å². The number of carbonyl (C=O) groups excluding carboxylic acids is 1. The average molecular weight is 302 g/mol. The quantitative estimate of drug-likeness (QED) is 0.858. The lowest BCUT2D eigenvalue weighted by atomic mass is 9.97. The Kier molecular flexibility index (Phi) is 5.26. The van der Waals surface area contributed by atoms with Gasteiger partial charge in [-0.3, -0.25) is 4.79 Å². The Balaban J connectivity index is 2.03. The predicted molar refractivity (Wildman–Crippen MR) is 82.8 cm³/mol. The number of amides is 1. The van der Waals surface area contributed by atoms with Gasteiger partial charge in [0.05, 0.1) is 18.7 Å². The van der Waals surface area contributed by atoms with Crippen molar-refractivity contribution in [3.63, 3.8) is 0 Å². The van der Waals surface area contributed by atoms with Gasteiger partial charge in [0.25, 0.3) is 5.91 Å². The fourth-order valence-corrected chi connectivity index (χ4v) is 2.98. The molecule has 0 radical (unpaired) electrons. The number of likely N-dealkylation sites (tertiary alicyclic amines) is 1. The molecule has 1 aliphatic heterocycles. The minimum atomic E-state index is -0.0169. The Labute approximate surface area is 131 Å². The van der Waals surface area contributed by atoms with E-state index < -0.39 is 0 Å². The second-order valence-electron chi connectivity index (χ2n) is 5.70. The summed E-state index contributed by atoms with van der Waals surface area (Å²) in [6, 6.07) is 7.46. The number of hydrogen-bond acceptors (Lipinski definition) is 4. The van der Waals surface area contributed by atoms with E-state index in [-0.39, 0.29) is 24.6 Å². The Morgan fingerprint density at radius 1 is 1.32 bits per heavy atom. The molecule has 0 N–H and O–H groups in total. The molecule has 118 valence electrons. The van der Waals surface area contributed by atoms with E-state index in [4.69, 9.17) is 14.7 Å². The highest BCUT2D eigenvalue weighted by atomic mass is 16.5. The molecule has 2 rings (SSSR count). The normalized spacial score (nSPS) is 21.1. The summed E-state index contributed by atoms with van der Waals surface area (Å²) >= 11 is 0. The van der Waals surface area contributed by atoms with Gasteiger partial charge in [0.2, 0.25) is 0 Å². The first kappa shape index (κ1) is 16.2. The van der Waals surface area contributed by atoms with Crippen molar-refractivity contribution in [2.75, 3.05) is 13.7 Å². The number of methoxy groups -OCH3 is 1. The number of ether oxygens (including phenoxy) is 2. The van der Waals surface area contributed by atoms with Crippen LogP contribution in [0.25, 0.3) is 0 Å². The average Bonchev–Trinajstić information content (AvgIpc) is 2.52. The van der Waals surface area contributed by atoms with Crippen LogP contribution in [0.2, 0.25) is 0 Å². The van der Waals surface area contributed by atoms with Gasteiger partial charge in [-0.1, -0.05) is 0 Å². The van der Waals surface area contributed by atoms with Gasteiger partial charge >= 0.3 is 0 Å². The van der Waals surface area contributed by atoms with Crippen LogP contribution in [0.3, 0.4) is 0 Å². The molecule has 0 unspecified atom stereocenters. The summed E-state index contributed by atoms with van der Waals surface area (Å²) in [7, 11) is 1.51. The zero-order valence-electron chi connectivity index (χ0n) is 13.3. The lowest BCUT2D eigenvalue weighted by Crippen LogP contribution is -2.49. The second-order valence-corrected chi connectivity index (χ2v) is 5.70. The van der Waals surface area contributed by atoms with Crippen molar-refractivity contribution in [2.24, 2.45) is 0 Å². The summed E-state index contributed by atoms with van der Waals surface area (Å²) in [5.74, 6) is 0.935. The fraction of sp³-hybridized carbons (Fsp3) is 0.529. The van der Waals surface area contributed by atoms with Gasteiger partial charge in [0, 0.05) is 18.2 Å². The Hall–Kier alpha value is -2.22. The summed E-state index contributed by atoms with van der Waals surface area (Å²) in [4.78, 5) is 14.3. The number of carbonyl (C=O) groups is 1. The zero-order valence-corrected chi connectivity index (χ0v) is 13.3. The van der Waals surface area contributed by atoms with Crippen molar-refractivity contribution in [3.8, 4) is 17.6 Å². The third kappa shape index (κ3) is 3.51. The molecule has 0 aromatic heterocycles. The summed E-state index contributed by atoms with van der Waals surface area (Å²) in [5, 5.41) is 8.89. The van der Waals surface area contributed by atoms with E-state index in [1.54, 1.807) is 18.2 Å². The van der Waals surface area contributed by atoms with Gasteiger partial charge < -0.3 is 14.4 Å². The van der Waals surface area contributed by atoms with E-state index in [1.165, 1.54) is 7.11 Å². The molecule has 1 aromatic carbocycles. The Bertz CT molecular complexity index is 570. The Morgan fingerprint density at radius 3 is 2.59 bits per heavy atom. The molecule has 0 bridgehead atoms. The van der Waals surface area contributed by atoms with Crippen LogP contribution >= 0.6 is 0 Å². The van der Waals surface area contributed by atoms with E-state index in [0.717, 1.165) is 19.3 Å². The van der Waals surface area contributed by atoms with Crippen LogP contribution in [0.4, 0.5) is 0 Å². The summed E-state index contributed by atoms with van der Waals surface area (Å²) < 4.78 is 10.8. The molecule has 2 atom stereocenters. The maximum absolute atomic E-state index is 12.4. The van der Waals surface area contributed by atoms with Gasteiger partial charge in [-0.25, -0.2) is 0 Å². The predicted octanol–water partition coefficient (Wildman–Crippen LogP) is 2.74. The highest BCUT2D eigenvalue weighted by Crippen LogP contribution is 2.28. The van der Waals surface area contributed by atoms with Crippen molar-refractivity contribution in [2.45, 2.75) is 45.2 Å². The maximum Gasteiger partial charge on any atom is 0.260 e. The minimum absolute atomic E-state index is 0.00823. The van der Waals surface area contributed by atoms with Crippen LogP contribution < -0.4 is 9.47 Å². The molecule has 1 fully saturated rings. The van der Waals surface area contributed by atoms with Crippen LogP contribution in [0, 0.1) is 11.3 Å². The number of benzene rings is 1. The molecule has 0 aliphatic carbocycles. The molecule has 22 heavy (non-hydrogen) atoms. The molecular weight excluding hydrogens is 280 g/mol. The first-order valence-corrected chi connectivity index (χ1v) is 7.59. The van der Waals surface area contributed by atoms with Gasteiger partial charge in [0.15, 0.2) is 18.1 Å². The zero-order chi connectivity index (χ0) is 16.1. The summed E-state index contributed by atoms with van der Waals surface area (Å²) in [6.45, 7) is 4.14. The van der Waals surface area contributed by atoms with E-state index >= 15 is 0 Å². The van der Waals surface area contributed by atoms with E-state index in [2.05, 4.69) is 13.8 Å². The molecule has 0 spiro atoms. The SMILES string of the molecule is COc1cc(C#N)ccc1OCC(=O)N1[C@@H](C)CCC[C@@H]1C. The van der Waals surface area contributed by atoms with Crippen molar-refractivity contribution in [3.05, 3.63) is 23.8 Å². The minimum Gasteiger partial charge on any atom is -0.493 e. The van der Waals surface area contributed by atoms with Crippen LogP contribution in [0.1, 0.15) is 38.7 Å². The third-order valence-corrected chi connectivity index (χ3v) is 4.13. The highest BCUT2D eigenvalue weighted by molar-refractivity contribution is 5.78. The number of rotatable bonds is 4. The van der Waals surface area contributed by atoms with Crippen LogP contribution in [0.15, 0.2) is 18.2 Å². The van der Waals surface area contributed by atoms with Gasteiger partial charge in [-0.2, -0.15) is 5.26 Å². The lowest BCUT2D eigenvalue weighted by molar-refractivity contribution is -0.139. The first-order chi connectivity index (χ1) is 10.6. The maximum atomic E-state index is 12.4. The molecule has 0 saturated carbocycles. The standard InChI is InChI=1S/C17H22N2O3/c1-12-5-4-6-13(2)19(12)17(20)11-22-15-8-7-14(10-18)9-16(15)21-3/h7-9,12-13H,4-6,11H2,1-3H3/t12-,13-/m0/s1. The summed E-state index contributed by atoms with van der Waals surface area (Å²) in [5.41, 5.74) is 0.494. The van der Waals surface area contributed by atoms with E-state index in [0.29, 0.717) is 17.1 Å². The molecule has 1 heterocycles. The van der Waals surface area contributed by atoms with Gasteiger partial charge in [0.1, 0.15) is 0 Å². The molecule has 1 aliphatic rings. The fourth-order valence-electron chi connectivity index (χ4n) is 2.98. The van der Waals surface area contributed by atoms with E-state index in [9.17, 15) is 4.79 Å². The van der Waals surface area contributed by atoms with Gasteiger partial charge in [-0.15, -0.1) is 0 Å². The van der Waals surface area contributed by atoms with Gasteiger partial charge in [-0.05, 0) is 45.2 Å². The van der Waals surface area contributed by atoms with Crippen molar-refractivity contribution in [1.82, 2.24) is 4.90 Å². The molecule has 1 aromatic rings. The van der Waals surface area contributed by atoms with E-state index in [1.807, 2.05) is 11.0 Å². The second kappa shape index (κ2) is 7.17. The number of hydrogen-bond donors (Lipinski definition) is 0. The molecule has 1 saturated heterocycles. The first-order valence-electron chi connectivity index (χ1n) is 7.59.